The third kappa shape index (κ3) is 2.83. The number of pyridine rings is 1. The van der Waals surface area contributed by atoms with E-state index in [1.807, 2.05) is 0 Å². The molecule has 0 radical (unpaired) electrons. The lowest BCUT2D eigenvalue weighted by atomic mass is 10.2. The van der Waals surface area contributed by atoms with Gasteiger partial charge in [0, 0.05) is 30.4 Å². The van der Waals surface area contributed by atoms with Gasteiger partial charge in [0.25, 0.3) is 0 Å². The number of nitrogens with two attached hydrogens (primary N) is 1. The third-order valence-electron chi connectivity index (χ3n) is 2.68. The first-order valence-electron chi connectivity index (χ1n) is 5.80. The number of anilines is 1. The lowest BCUT2D eigenvalue weighted by Gasteiger charge is -2.09. The normalized spacial score (nSPS) is 11.8. The van der Waals surface area contributed by atoms with Crippen molar-refractivity contribution in [3.05, 3.63) is 30.5 Å². The van der Waals surface area contributed by atoms with Crippen LogP contribution in [0.25, 0.3) is 10.9 Å². The van der Waals surface area contributed by atoms with Gasteiger partial charge >= 0.3 is 0 Å². The standard InChI is InChI=1S/C12H15N3O3S/c13-10-4-5-11(12-9(10)3-1-6-14-12)19(17,18)15-7-2-8-16/h1,3-6,15-16H,2,7-8,13H2. The van der Waals surface area contributed by atoms with E-state index < -0.39 is 10.0 Å². The summed E-state index contributed by atoms with van der Waals surface area (Å²) in [6.07, 6.45) is 1.88. The Morgan fingerprint density at radius 3 is 2.84 bits per heavy atom. The molecule has 0 unspecified atom stereocenters. The molecule has 0 saturated heterocycles. The van der Waals surface area contributed by atoms with Crippen molar-refractivity contribution in [3.8, 4) is 0 Å². The van der Waals surface area contributed by atoms with E-state index in [1.165, 1.54) is 12.3 Å². The summed E-state index contributed by atoms with van der Waals surface area (Å²) in [4.78, 5) is 4.18. The van der Waals surface area contributed by atoms with E-state index in [2.05, 4.69) is 9.71 Å². The first-order chi connectivity index (χ1) is 9.06. The summed E-state index contributed by atoms with van der Waals surface area (Å²) in [7, 11) is -3.66. The smallest absolute Gasteiger partial charge is 0.242 e. The van der Waals surface area contributed by atoms with Crippen molar-refractivity contribution < 1.29 is 13.5 Å². The fourth-order valence-electron chi connectivity index (χ4n) is 1.75. The zero-order valence-electron chi connectivity index (χ0n) is 10.2. The summed E-state index contributed by atoms with van der Waals surface area (Å²) < 4.78 is 26.7. The second kappa shape index (κ2) is 5.52. The topological polar surface area (TPSA) is 105 Å². The number of nitrogen functional groups attached to an aromatic ring is 1. The second-order valence-corrected chi connectivity index (χ2v) is 5.76. The van der Waals surface area contributed by atoms with Crippen LogP contribution in [0.5, 0.6) is 0 Å². The first-order valence-corrected chi connectivity index (χ1v) is 7.28. The maximum Gasteiger partial charge on any atom is 0.242 e. The fourth-order valence-corrected chi connectivity index (χ4v) is 2.98. The maximum atomic E-state index is 12.2. The van der Waals surface area contributed by atoms with Crippen molar-refractivity contribution in [2.24, 2.45) is 0 Å². The molecule has 0 atom stereocenters. The molecule has 2 aromatic rings. The van der Waals surface area contributed by atoms with Gasteiger partial charge in [-0.25, -0.2) is 13.1 Å². The van der Waals surface area contributed by atoms with Gasteiger partial charge in [-0.05, 0) is 30.7 Å². The predicted molar refractivity (Wildman–Crippen MR) is 73.0 cm³/mol. The monoisotopic (exact) mass is 281 g/mol. The van der Waals surface area contributed by atoms with E-state index in [1.54, 1.807) is 18.2 Å². The molecule has 4 N–H and O–H groups in total. The van der Waals surface area contributed by atoms with Crippen molar-refractivity contribution in [2.45, 2.75) is 11.3 Å². The summed E-state index contributed by atoms with van der Waals surface area (Å²) in [5, 5.41) is 9.28. The number of benzene rings is 1. The van der Waals surface area contributed by atoms with Gasteiger partial charge in [0.05, 0.1) is 5.52 Å². The molecule has 1 aromatic carbocycles. The van der Waals surface area contributed by atoms with Crippen LogP contribution in [-0.4, -0.2) is 31.7 Å². The predicted octanol–water partition coefficient (Wildman–Crippen LogP) is 0.478. The number of nitrogens with one attached hydrogen (secondary N) is 1. The van der Waals surface area contributed by atoms with Gasteiger partial charge in [0.1, 0.15) is 4.90 Å². The van der Waals surface area contributed by atoms with Crippen molar-refractivity contribution in [3.63, 3.8) is 0 Å². The van der Waals surface area contributed by atoms with E-state index in [0.717, 1.165) is 0 Å². The molecule has 0 spiro atoms. The van der Waals surface area contributed by atoms with Crippen LogP contribution in [0.15, 0.2) is 35.4 Å². The Balaban J connectivity index is 2.48. The number of nitrogens with zero attached hydrogens (tertiary/aromatic N) is 1. The highest BCUT2D eigenvalue weighted by Gasteiger charge is 2.18. The highest BCUT2D eigenvalue weighted by Crippen LogP contribution is 2.25. The van der Waals surface area contributed by atoms with Crippen LogP contribution in [0.4, 0.5) is 5.69 Å². The number of aliphatic hydroxyl groups excluding tert-OH is 1. The molecule has 0 aliphatic carbocycles. The van der Waals surface area contributed by atoms with Crippen LogP contribution >= 0.6 is 0 Å². The van der Waals surface area contributed by atoms with E-state index in [4.69, 9.17) is 10.8 Å². The van der Waals surface area contributed by atoms with Gasteiger partial charge < -0.3 is 10.8 Å². The van der Waals surface area contributed by atoms with E-state index in [0.29, 0.717) is 23.0 Å². The largest absolute Gasteiger partial charge is 0.398 e. The molecule has 102 valence electrons. The average molecular weight is 281 g/mol. The molecule has 0 saturated carbocycles. The molecule has 0 fully saturated rings. The van der Waals surface area contributed by atoms with Gasteiger partial charge in [-0.15, -0.1) is 0 Å². The first kappa shape index (κ1) is 13.7. The zero-order valence-corrected chi connectivity index (χ0v) is 11.0. The summed E-state index contributed by atoms with van der Waals surface area (Å²) in [5.41, 5.74) is 6.63. The molecular weight excluding hydrogens is 266 g/mol. The third-order valence-corrected chi connectivity index (χ3v) is 4.18. The molecule has 1 aromatic heterocycles. The lowest BCUT2D eigenvalue weighted by Crippen LogP contribution is -2.25. The van der Waals surface area contributed by atoms with Gasteiger partial charge in [-0.1, -0.05) is 0 Å². The van der Waals surface area contributed by atoms with Gasteiger partial charge in [-0.2, -0.15) is 0 Å². The van der Waals surface area contributed by atoms with E-state index in [-0.39, 0.29) is 18.0 Å². The van der Waals surface area contributed by atoms with Gasteiger partial charge in [0.15, 0.2) is 0 Å². The number of rotatable bonds is 5. The molecule has 19 heavy (non-hydrogen) atoms. The van der Waals surface area contributed by atoms with E-state index in [9.17, 15) is 8.42 Å². The molecule has 7 heteroatoms. The Bertz CT molecular complexity index is 686. The number of hydrogen-bond donors (Lipinski definition) is 3. The lowest BCUT2D eigenvalue weighted by molar-refractivity contribution is 0.289. The molecule has 2 rings (SSSR count). The number of aromatic nitrogens is 1. The van der Waals surface area contributed by atoms with Gasteiger partial charge in [0.2, 0.25) is 10.0 Å². The van der Waals surface area contributed by atoms with Crippen LogP contribution in [0.2, 0.25) is 0 Å². The van der Waals surface area contributed by atoms with Crippen LogP contribution in [0.3, 0.4) is 0 Å². The van der Waals surface area contributed by atoms with Crippen molar-refractivity contribution in [1.82, 2.24) is 9.71 Å². The fraction of sp³-hybridized carbons (Fsp3) is 0.250. The highest BCUT2D eigenvalue weighted by atomic mass is 32.2. The minimum Gasteiger partial charge on any atom is -0.398 e. The molecule has 6 nitrogen and oxygen atoms in total. The summed E-state index contributed by atoms with van der Waals surface area (Å²) in [6, 6.07) is 6.41. The van der Waals surface area contributed by atoms with Crippen LogP contribution in [0.1, 0.15) is 6.42 Å². The van der Waals surface area contributed by atoms with Crippen molar-refractivity contribution in [1.29, 1.82) is 0 Å². The SMILES string of the molecule is Nc1ccc(S(=O)(=O)NCCCO)c2ncccc12. The molecular formula is C12H15N3O3S. The number of fused-ring (bicyclic) bond motifs is 1. The van der Waals surface area contributed by atoms with Gasteiger partial charge in [-0.3, -0.25) is 4.98 Å². The molecule has 0 aliphatic heterocycles. The minimum absolute atomic E-state index is 0.0662. The van der Waals surface area contributed by atoms with Crippen molar-refractivity contribution in [2.75, 3.05) is 18.9 Å². The quantitative estimate of drug-likeness (QED) is 0.546. The van der Waals surface area contributed by atoms with Crippen LogP contribution in [0, 0.1) is 0 Å². The highest BCUT2D eigenvalue weighted by molar-refractivity contribution is 7.89. The Labute approximate surface area is 111 Å². The Morgan fingerprint density at radius 2 is 2.11 bits per heavy atom. The average Bonchev–Trinajstić information content (AvgIpc) is 2.39. The number of sulfonamides is 1. The van der Waals surface area contributed by atoms with Crippen LogP contribution in [-0.2, 0) is 10.0 Å². The summed E-state index contributed by atoms with van der Waals surface area (Å²) in [6.45, 7) is 0.112. The number of aliphatic hydroxyl groups is 1. The maximum absolute atomic E-state index is 12.2. The zero-order chi connectivity index (χ0) is 13.9. The molecule has 1 heterocycles. The molecule has 0 amide bonds. The van der Waals surface area contributed by atoms with E-state index >= 15 is 0 Å². The van der Waals surface area contributed by atoms with Crippen molar-refractivity contribution >= 4 is 26.6 Å². The Hall–Kier alpha value is -1.70. The molecule has 0 bridgehead atoms. The summed E-state index contributed by atoms with van der Waals surface area (Å²) >= 11 is 0. The Kier molecular flexibility index (Phi) is 3.98. The minimum atomic E-state index is -3.66. The Morgan fingerprint density at radius 1 is 1.32 bits per heavy atom. The summed E-state index contributed by atoms with van der Waals surface area (Å²) in [5.74, 6) is 0. The second-order valence-electron chi connectivity index (χ2n) is 4.03. The number of hydrogen-bond acceptors (Lipinski definition) is 5. The molecule has 0 aliphatic rings. The van der Waals surface area contributed by atoms with Crippen LogP contribution < -0.4 is 10.5 Å².